The van der Waals surface area contributed by atoms with Crippen molar-refractivity contribution in [3.63, 3.8) is 0 Å². The topological polar surface area (TPSA) is 50.5 Å². The zero-order chi connectivity index (χ0) is 20.8. The second-order valence-electron chi connectivity index (χ2n) is 7.08. The fraction of sp³-hybridized carbons (Fsp3) is 0.350. The Labute approximate surface area is 170 Å². The van der Waals surface area contributed by atoms with Gasteiger partial charge < -0.3 is 4.90 Å². The van der Waals surface area contributed by atoms with Gasteiger partial charge in [-0.15, -0.1) is 0 Å². The lowest BCUT2D eigenvalue weighted by molar-refractivity contribution is -0.142. The Morgan fingerprint density at radius 1 is 1.10 bits per heavy atom. The molecule has 3 heterocycles. The van der Waals surface area contributed by atoms with E-state index in [1.807, 2.05) is 0 Å². The van der Waals surface area contributed by atoms with Crippen molar-refractivity contribution < 1.29 is 18.0 Å². The normalized spacial score (nSPS) is 15.1. The summed E-state index contributed by atoms with van der Waals surface area (Å²) in [4.78, 5) is 19.1. The number of benzene rings is 1. The number of rotatable bonds is 2. The van der Waals surface area contributed by atoms with E-state index in [1.54, 1.807) is 29.2 Å². The van der Waals surface area contributed by atoms with Crippen molar-refractivity contribution in [2.75, 3.05) is 13.1 Å². The van der Waals surface area contributed by atoms with Crippen LogP contribution in [0, 0.1) is 6.92 Å². The predicted molar refractivity (Wildman–Crippen MR) is 103 cm³/mol. The summed E-state index contributed by atoms with van der Waals surface area (Å²) < 4.78 is 42.0. The number of hydrogen-bond donors (Lipinski definition) is 0. The van der Waals surface area contributed by atoms with Crippen molar-refractivity contribution in [3.05, 3.63) is 52.3 Å². The number of fused-ring (bicyclic) bond motifs is 1. The first-order chi connectivity index (χ1) is 13.8. The van der Waals surface area contributed by atoms with Crippen molar-refractivity contribution in [1.82, 2.24) is 19.5 Å². The summed E-state index contributed by atoms with van der Waals surface area (Å²) in [5.41, 5.74) is -0.141. The summed E-state index contributed by atoms with van der Waals surface area (Å²) in [6.07, 6.45) is -1.87. The van der Waals surface area contributed by atoms with E-state index in [0.29, 0.717) is 23.7 Å². The van der Waals surface area contributed by atoms with Crippen LogP contribution in [0.5, 0.6) is 0 Å². The number of aryl methyl sites for hydroxylation is 1. The van der Waals surface area contributed by atoms with Gasteiger partial charge in [-0.25, -0.2) is 9.50 Å². The summed E-state index contributed by atoms with van der Waals surface area (Å²) in [6.45, 7) is 2.70. The number of amides is 1. The van der Waals surface area contributed by atoms with Crippen LogP contribution in [-0.2, 0) is 6.18 Å². The molecule has 0 saturated carbocycles. The first-order valence-corrected chi connectivity index (χ1v) is 9.66. The number of hydrogen-bond acceptors (Lipinski definition) is 3. The van der Waals surface area contributed by atoms with Gasteiger partial charge in [-0.3, -0.25) is 4.79 Å². The number of alkyl halides is 3. The molecule has 1 fully saturated rings. The van der Waals surface area contributed by atoms with Crippen molar-refractivity contribution in [1.29, 1.82) is 0 Å². The van der Waals surface area contributed by atoms with Gasteiger partial charge in [0.15, 0.2) is 11.3 Å². The van der Waals surface area contributed by atoms with E-state index in [2.05, 4.69) is 10.1 Å². The maximum absolute atomic E-state index is 13.8. The van der Waals surface area contributed by atoms with Gasteiger partial charge in [0.05, 0.1) is 11.4 Å². The van der Waals surface area contributed by atoms with Crippen molar-refractivity contribution >= 4 is 23.2 Å². The van der Waals surface area contributed by atoms with Crippen LogP contribution >= 0.6 is 11.6 Å². The van der Waals surface area contributed by atoms with Gasteiger partial charge in [0.2, 0.25) is 0 Å². The van der Waals surface area contributed by atoms with E-state index in [9.17, 15) is 18.0 Å². The van der Waals surface area contributed by atoms with Gasteiger partial charge in [-0.1, -0.05) is 23.7 Å². The van der Waals surface area contributed by atoms with Crippen LogP contribution < -0.4 is 0 Å². The molecule has 1 aromatic carbocycles. The largest absolute Gasteiger partial charge is 0.433 e. The highest BCUT2D eigenvalue weighted by Crippen LogP contribution is 2.34. The Balaban J connectivity index is 1.93. The molecule has 9 heteroatoms. The Morgan fingerprint density at radius 3 is 2.38 bits per heavy atom. The minimum atomic E-state index is -4.66. The number of carbonyl (C=O) groups is 1. The van der Waals surface area contributed by atoms with E-state index in [-0.39, 0.29) is 28.5 Å². The average molecular weight is 423 g/mol. The summed E-state index contributed by atoms with van der Waals surface area (Å²) in [5.74, 6) is -0.328. The molecule has 152 valence electrons. The molecule has 1 aliphatic heterocycles. The van der Waals surface area contributed by atoms with E-state index < -0.39 is 11.9 Å². The second kappa shape index (κ2) is 7.33. The monoisotopic (exact) mass is 422 g/mol. The molecule has 0 unspecified atom stereocenters. The highest BCUT2D eigenvalue weighted by atomic mass is 35.5. The summed E-state index contributed by atoms with van der Waals surface area (Å²) in [6, 6.07) is 7.29. The number of likely N-dealkylation sites (tertiary alicyclic amines) is 1. The molecule has 5 nitrogen and oxygen atoms in total. The Kier molecular flexibility index (Phi) is 4.98. The Bertz CT molecular complexity index is 1070. The number of piperidine rings is 1. The molecule has 0 bridgehead atoms. The maximum atomic E-state index is 13.8. The first-order valence-electron chi connectivity index (χ1n) is 9.28. The Hall–Kier alpha value is -2.61. The third-order valence-electron chi connectivity index (χ3n) is 5.05. The number of carbonyl (C=O) groups excluding carboxylic acids is 1. The van der Waals surface area contributed by atoms with Crippen molar-refractivity contribution in [2.45, 2.75) is 32.4 Å². The molecule has 2 aromatic heterocycles. The molecule has 0 atom stereocenters. The lowest BCUT2D eigenvalue weighted by atomic mass is 10.1. The molecule has 0 N–H and O–H groups in total. The fourth-order valence-corrected chi connectivity index (χ4v) is 3.73. The van der Waals surface area contributed by atoms with Crippen LogP contribution in [0.25, 0.3) is 16.9 Å². The predicted octanol–water partition coefficient (Wildman–Crippen LogP) is 5.00. The summed E-state index contributed by atoms with van der Waals surface area (Å²) >= 11 is 5.89. The average Bonchev–Trinajstić information content (AvgIpc) is 3.02. The minimum absolute atomic E-state index is 0.0853. The quantitative estimate of drug-likeness (QED) is 0.583. The second-order valence-corrected chi connectivity index (χ2v) is 7.52. The van der Waals surface area contributed by atoms with E-state index in [4.69, 9.17) is 11.6 Å². The zero-order valence-corrected chi connectivity index (χ0v) is 16.4. The third-order valence-corrected chi connectivity index (χ3v) is 5.30. The zero-order valence-electron chi connectivity index (χ0n) is 15.6. The lowest BCUT2D eigenvalue weighted by Crippen LogP contribution is -2.36. The highest BCUT2D eigenvalue weighted by Gasteiger charge is 2.37. The third kappa shape index (κ3) is 3.69. The van der Waals surface area contributed by atoms with Gasteiger partial charge in [0.1, 0.15) is 5.56 Å². The van der Waals surface area contributed by atoms with Gasteiger partial charge in [0.25, 0.3) is 5.91 Å². The molecule has 1 aliphatic rings. The number of halogens is 4. The summed E-state index contributed by atoms with van der Waals surface area (Å²) in [5, 5.41) is 4.47. The van der Waals surface area contributed by atoms with Gasteiger partial charge in [-0.2, -0.15) is 18.3 Å². The molecule has 4 rings (SSSR count). The van der Waals surface area contributed by atoms with Crippen LogP contribution in [-0.4, -0.2) is 38.5 Å². The van der Waals surface area contributed by atoms with Crippen molar-refractivity contribution in [3.8, 4) is 11.3 Å². The van der Waals surface area contributed by atoms with Gasteiger partial charge >= 0.3 is 6.18 Å². The van der Waals surface area contributed by atoms with Crippen LogP contribution in [0.2, 0.25) is 5.02 Å². The molecule has 0 radical (unpaired) electrons. The van der Waals surface area contributed by atoms with Crippen LogP contribution in [0.4, 0.5) is 13.2 Å². The molecular formula is C20H18ClF3N4O. The molecule has 0 spiro atoms. The van der Waals surface area contributed by atoms with Crippen LogP contribution in [0.1, 0.15) is 41.0 Å². The molecule has 29 heavy (non-hydrogen) atoms. The minimum Gasteiger partial charge on any atom is -0.338 e. The van der Waals surface area contributed by atoms with Crippen LogP contribution in [0.3, 0.4) is 0 Å². The van der Waals surface area contributed by atoms with Crippen LogP contribution in [0.15, 0.2) is 30.3 Å². The fourth-order valence-electron chi connectivity index (χ4n) is 3.60. The SMILES string of the molecule is Cc1nn2c(C(F)(F)F)cc(-c3ccc(Cl)cc3)nc2c1C(=O)N1CCCCC1. The van der Waals surface area contributed by atoms with E-state index >= 15 is 0 Å². The highest BCUT2D eigenvalue weighted by molar-refractivity contribution is 6.30. The molecule has 0 aliphatic carbocycles. The smallest absolute Gasteiger partial charge is 0.338 e. The van der Waals surface area contributed by atoms with Gasteiger partial charge in [0, 0.05) is 23.7 Å². The Morgan fingerprint density at radius 2 is 1.76 bits per heavy atom. The molecule has 1 amide bonds. The molecule has 3 aromatic rings. The summed E-state index contributed by atoms with van der Waals surface area (Å²) in [7, 11) is 0. The number of aromatic nitrogens is 3. The van der Waals surface area contributed by atoms with E-state index in [0.717, 1.165) is 29.8 Å². The molecule has 1 saturated heterocycles. The van der Waals surface area contributed by atoms with Crippen molar-refractivity contribution in [2.24, 2.45) is 0 Å². The first kappa shape index (κ1) is 19.7. The number of nitrogens with zero attached hydrogens (tertiary/aromatic N) is 4. The standard InChI is InChI=1S/C20H18ClF3N4O/c1-12-17(19(29)27-9-3-2-4-10-27)18-25-15(13-5-7-14(21)8-6-13)11-16(20(22,23)24)28(18)26-12/h5-8,11H,2-4,9-10H2,1H3. The van der Waals surface area contributed by atoms with E-state index in [1.165, 1.54) is 6.92 Å². The maximum Gasteiger partial charge on any atom is 0.433 e. The van der Waals surface area contributed by atoms with Gasteiger partial charge in [-0.05, 0) is 44.4 Å². The lowest BCUT2D eigenvalue weighted by Gasteiger charge is -2.26. The molecular weight excluding hydrogens is 405 g/mol.